The summed E-state index contributed by atoms with van der Waals surface area (Å²) < 4.78 is 17.4. The molecule has 0 aliphatic heterocycles. The maximum Gasteiger partial charge on any atom is 0.339 e. The Labute approximate surface area is 115 Å². The highest BCUT2D eigenvalue weighted by atomic mass is 35.5. The normalized spacial score (nSPS) is 10.3. The van der Waals surface area contributed by atoms with E-state index in [0.29, 0.717) is 22.7 Å². The van der Waals surface area contributed by atoms with Crippen LogP contribution < -0.4 is 0 Å². The third-order valence-electron chi connectivity index (χ3n) is 2.64. The fraction of sp³-hybridized carbons (Fsp3) is 0.143. The summed E-state index contributed by atoms with van der Waals surface area (Å²) in [4.78, 5) is 15.4. The predicted octanol–water partition coefficient (Wildman–Crippen LogP) is 3.25. The van der Waals surface area contributed by atoms with Gasteiger partial charge in [-0.2, -0.15) is 0 Å². The van der Waals surface area contributed by atoms with E-state index in [9.17, 15) is 9.18 Å². The molecule has 0 fully saturated rings. The van der Waals surface area contributed by atoms with E-state index in [4.69, 9.17) is 11.6 Å². The molecule has 0 spiro atoms. The third kappa shape index (κ3) is 3.29. The largest absolute Gasteiger partial charge is 0.465 e. The molecule has 0 aliphatic rings. The molecule has 0 bridgehead atoms. The summed E-state index contributed by atoms with van der Waals surface area (Å²) in [5.41, 5.74) is 1.91. The monoisotopic (exact) mass is 279 g/mol. The lowest BCUT2D eigenvalue weighted by Crippen LogP contribution is -2.04. The van der Waals surface area contributed by atoms with Crippen molar-refractivity contribution in [3.63, 3.8) is 0 Å². The Hall–Kier alpha value is -1.94. The van der Waals surface area contributed by atoms with E-state index in [-0.39, 0.29) is 5.82 Å². The van der Waals surface area contributed by atoms with Crippen molar-refractivity contribution in [2.45, 2.75) is 6.42 Å². The number of methoxy groups -OCH3 is 1. The molecule has 2 aromatic rings. The van der Waals surface area contributed by atoms with Gasteiger partial charge in [0.1, 0.15) is 11.0 Å². The molecule has 0 amide bonds. The zero-order chi connectivity index (χ0) is 13.8. The molecule has 19 heavy (non-hydrogen) atoms. The quantitative estimate of drug-likeness (QED) is 0.639. The van der Waals surface area contributed by atoms with Crippen molar-refractivity contribution >= 4 is 17.6 Å². The minimum atomic E-state index is -0.468. The highest BCUT2D eigenvalue weighted by Crippen LogP contribution is 2.19. The molecule has 0 aliphatic carbocycles. The molecule has 0 radical (unpaired) electrons. The molecular weight excluding hydrogens is 269 g/mol. The van der Waals surface area contributed by atoms with Crippen LogP contribution in [-0.2, 0) is 11.2 Å². The van der Waals surface area contributed by atoms with Crippen LogP contribution in [0.15, 0.2) is 36.5 Å². The van der Waals surface area contributed by atoms with Crippen molar-refractivity contribution in [3.05, 3.63) is 64.2 Å². The Morgan fingerprint density at radius 1 is 1.37 bits per heavy atom. The molecule has 3 nitrogen and oxygen atoms in total. The molecule has 0 unspecified atom stereocenters. The van der Waals surface area contributed by atoms with Crippen molar-refractivity contribution < 1.29 is 13.9 Å². The number of ether oxygens (including phenoxy) is 1. The lowest BCUT2D eigenvalue weighted by atomic mass is 10.1. The van der Waals surface area contributed by atoms with Crippen LogP contribution in [0, 0.1) is 5.82 Å². The molecular formula is C14H11ClFNO2. The molecule has 0 N–H and O–H groups in total. The van der Waals surface area contributed by atoms with Crippen LogP contribution in [0.4, 0.5) is 4.39 Å². The van der Waals surface area contributed by atoms with Crippen molar-refractivity contribution in [2.75, 3.05) is 7.11 Å². The molecule has 1 aromatic heterocycles. The van der Waals surface area contributed by atoms with Gasteiger partial charge in [-0.15, -0.1) is 0 Å². The second kappa shape index (κ2) is 5.80. The van der Waals surface area contributed by atoms with Crippen LogP contribution in [0.2, 0.25) is 5.15 Å². The first-order chi connectivity index (χ1) is 9.10. The Bertz CT molecular complexity index is 599. The Kier molecular flexibility index (Phi) is 4.12. The minimum absolute atomic E-state index is 0.295. The Morgan fingerprint density at radius 3 is 2.68 bits per heavy atom. The van der Waals surface area contributed by atoms with Crippen molar-refractivity contribution in [2.24, 2.45) is 0 Å². The van der Waals surface area contributed by atoms with E-state index in [0.717, 1.165) is 5.56 Å². The van der Waals surface area contributed by atoms with Gasteiger partial charge in [0.05, 0.1) is 12.7 Å². The van der Waals surface area contributed by atoms with Gasteiger partial charge in [0.2, 0.25) is 0 Å². The number of benzene rings is 1. The van der Waals surface area contributed by atoms with Gasteiger partial charge < -0.3 is 4.74 Å². The lowest BCUT2D eigenvalue weighted by Gasteiger charge is -2.06. The molecule has 98 valence electrons. The molecule has 0 saturated carbocycles. The maximum atomic E-state index is 12.8. The number of rotatable bonds is 3. The first kappa shape index (κ1) is 13.5. The fourth-order valence-electron chi connectivity index (χ4n) is 1.67. The summed E-state index contributed by atoms with van der Waals surface area (Å²) in [6.07, 6.45) is 1.83. The molecule has 2 rings (SSSR count). The van der Waals surface area contributed by atoms with Crippen LogP contribution in [0.1, 0.15) is 21.5 Å². The average molecular weight is 280 g/mol. The first-order valence-electron chi connectivity index (χ1n) is 5.57. The van der Waals surface area contributed by atoms with Gasteiger partial charge in [0, 0.05) is 12.6 Å². The summed E-state index contributed by atoms with van der Waals surface area (Å²) in [7, 11) is 1.30. The first-order valence-corrected chi connectivity index (χ1v) is 5.95. The zero-order valence-corrected chi connectivity index (χ0v) is 10.9. The van der Waals surface area contributed by atoms with Gasteiger partial charge in [0.25, 0.3) is 0 Å². The second-order valence-corrected chi connectivity index (χ2v) is 4.33. The Morgan fingerprint density at radius 2 is 2.05 bits per heavy atom. The van der Waals surface area contributed by atoms with E-state index in [2.05, 4.69) is 9.72 Å². The number of nitrogens with zero attached hydrogens (tertiary/aromatic N) is 1. The second-order valence-electron chi connectivity index (χ2n) is 3.97. The van der Waals surface area contributed by atoms with Crippen molar-refractivity contribution in [1.82, 2.24) is 4.98 Å². The third-order valence-corrected chi connectivity index (χ3v) is 2.98. The topological polar surface area (TPSA) is 39.2 Å². The summed E-state index contributed by atoms with van der Waals surface area (Å²) in [6, 6.07) is 7.71. The van der Waals surface area contributed by atoms with E-state index >= 15 is 0 Å². The van der Waals surface area contributed by atoms with Crippen molar-refractivity contribution in [3.8, 4) is 0 Å². The van der Waals surface area contributed by atoms with E-state index in [1.54, 1.807) is 18.2 Å². The van der Waals surface area contributed by atoms with Crippen molar-refractivity contribution in [1.29, 1.82) is 0 Å². The summed E-state index contributed by atoms with van der Waals surface area (Å²) in [6.45, 7) is 0. The average Bonchev–Trinajstić information content (AvgIpc) is 2.43. The van der Waals surface area contributed by atoms with Crippen LogP contribution in [-0.4, -0.2) is 18.1 Å². The summed E-state index contributed by atoms with van der Waals surface area (Å²) in [5, 5.41) is 0.317. The van der Waals surface area contributed by atoms with Crippen LogP contribution in [0.25, 0.3) is 0 Å². The van der Waals surface area contributed by atoms with Crippen LogP contribution in [0.5, 0.6) is 0 Å². The van der Waals surface area contributed by atoms with Crippen LogP contribution in [0.3, 0.4) is 0 Å². The number of carbonyl (C=O) groups excluding carboxylic acids is 1. The number of halogens is 2. The highest BCUT2D eigenvalue weighted by Gasteiger charge is 2.10. The SMILES string of the molecule is COC(=O)c1cnc(Cl)c(Cc2ccc(F)cc2)c1. The number of hydrogen-bond acceptors (Lipinski definition) is 3. The van der Waals surface area contributed by atoms with Gasteiger partial charge in [-0.1, -0.05) is 23.7 Å². The number of esters is 1. The molecule has 0 saturated heterocycles. The molecule has 1 heterocycles. The summed E-state index contributed by atoms with van der Waals surface area (Å²) >= 11 is 5.99. The fourth-order valence-corrected chi connectivity index (χ4v) is 1.84. The molecule has 5 heteroatoms. The smallest absolute Gasteiger partial charge is 0.339 e. The zero-order valence-electron chi connectivity index (χ0n) is 10.2. The number of aromatic nitrogens is 1. The Balaban J connectivity index is 2.28. The highest BCUT2D eigenvalue weighted by molar-refractivity contribution is 6.30. The lowest BCUT2D eigenvalue weighted by molar-refractivity contribution is 0.0600. The van der Waals surface area contributed by atoms with E-state index < -0.39 is 5.97 Å². The van der Waals surface area contributed by atoms with Gasteiger partial charge in [0.15, 0.2) is 0 Å². The van der Waals surface area contributed by atoms with Crippen LogP contribution >= 0.6 is 11.6 Å². The van der Waals surface area contributed by atoms with Gasteiger partial charge >= 0.3 is 5.97 Å². The number of pyridine rings is 1. The number of hydrogen-bond donors (Lipinski definition) is 0. The maximum absolute atomic E-state index is 12.8. The minimum Gasteiger partial charge on any atom is -0.465 e. The van der Waals surface area contributed by atoms with E-state index in [1.807, 2.05) is 0 Å². The predicted molar refractivity (Wildman–Crippen MR) is 69.8 cm³/mol. The van der Waals surface area contributed by atoms with Gasteiger partial charge in [-0.05, 0) is 29.3 Å². The molecule has 1 aromatic carbocycles. The van der Waals surface area contributed by atoms with Gasteiger partial charge in [-0.25, -0.2) is 14.2 Å². The summed E-state index contributed by atoms with van der Waals surface area (Å²) in [5.74, 6) is -0.763. The standard InChI is InChI=1S/C14H11ClFNO2/c1-19-14(18)11-7-10(13(15)17-8-11)6-9-2-4-12(16)5-3-9/h2-5,7-8H,6H2,1H3. The number of carbonyl (C=O) groups is 1. The van der Waals surface area contributed by atoms with E-state index in [1.165, 1.54) is 25.4 Å². The van der Waals surface area contributed by atoms with Gasteiger partial charge in [-0.3, -0.25) is 0 Å². The molecule has 0 atom stereocenters.